The lowest BCUT2D eigenvalue weighted by molar-refractivity contribution is -0.140. The zero-order valence-electron chi connectivity index (χ0n) is 10.6. The van der Waals surface area contributed by atoms with Gasteiger partial charge in [0.1, 0.15) is 0 Å². The molecule has 0 aliphatic carbocycles. The van der Waals surface area contributed by atoms with Crippen LogP contribution in [0.1, 0.15) is 19.4 Å². The van der Waals surface area contributed by atoms with Crippen LogP contribution in [0.4, 0.5) is 0 Å². The maximum Gasteiger partial charge on any atom is 0.309 e. The second kappa shape index (κ2) is 6.16. The Hall–Kier alpha value is -1.88. The van der Waals surface area contributed by atoms with E-state index in [9.17, 15) is 9.59 Å². The van der Waals surface area contributed by atoms with E-state index in [1.807, 2.05) is 30.3 Å². The van der Waals surface area contributed by atoms with Crippen LogP contribution in [0.2, 0.25) is 0 Å². The molecule has 2 amide bonds. The second-order valence-electron chi connectivity index (χ2n) is 4.66. The summed E-state index contributed by atoms with van der Waals surface area (Å²) in [5.41, 5.74) is 0.112. The first-order chi connectivity index (χ1) is 8.44. The lowest BCUT2D eigenvalue weighted by Crippen LogP contribution is -2.51. The summed E-state index contributed by atoms with van der Waals surface area (Å²) < 4.78 is 0. The molecule has 0 saturated heterocycles. The number of rotatable bonds is 4. The number of benzene rings is 1. The van der Waals surface area contributed by atoms with Gasteiger partial charge in [-0.15, -0.1) is 0 Å². The third-order valence-corrected chi connectivity index (χ3v) is 2.35. The molecule has 1 aromatic rings. The van der Waals surface area contributed by atoms with Gasteiger partial charge in [0, 0.05) is 6.54 Å². The van der Waals surface area contributed by atoms with Crippen molar-refractivity contribution in [2.45, 2.75) is 25.9 Å². The van der Waals surface area contributed by atoms with Crippen LogP contribution in [0.25, 0.3) is 0 Å². The van der Waals surface area contributed by atoms with Crippen molar-refractivity contribution in [3.63, 3.8) is 0 Å². The molecule has 0 fully saturated rings. The van der Waals surface area contributed by atoms with E-state index in [1.54, 1.807) is 13.8 Å². The Kier molecular flexibility index (Phi) is 4.85. The molecule has 0 aliphatic heterocycles. The molecule has 0 unspecified atom stereocenters. The molecule has 0 heterocycles. The zero-order chi connectivity index (χ0) is 13.6. The molecule has 18 heavy (non-hydrogen) atoms. The summed E-state index contributed by atoms with van der Waals surface area (Å²) in [7, 11) is 0. The van der Waals surface area contributed by atoms with E-state index in [0.29, 0.717) is 6.54 Å². The van der Waals surface area contributed by atoms with Crippen molar-refractivity contribution in [1.29, 1.82) is 0 Å². The Morgan fingerprint density at radius 3 is 2.33 bits per heavy atom. The summed E-state index contributed by atoms with van der Waals surface area (Å²) >= 11 is 0. The van der Waals surface area contributed by atoms with Crippen LogP contribution in [0, 0.1) is 0 Å². The molecule has 1 rings (SSSR count). The van der Waals surface area contributed by atoms with Gasteiger partial charge in [-0.1, -0.05) is 30.3 Å². The number of carbonyl (C=O) groups excluding carboxylic acids is 2. The minimum atomic E-state index is -0.804. The van der Waals surface area contributed by atoms with Crippen molar-refractivity contribution in [3.8, 4) is 0 Å². The Labute approximate surface area is 106 Å². The first-order valence-corrected chi connectivity index (χ1v) is 5.70. The summed E-state index contributed by atoms with van der Waals surface area (Å²) in [5.74, 6) is -1.45. The van der Waals surface area contributed by atoms with Crippen molar-refractivity contribution in [2.75, 3.05) is 6.61 Å². The molecule has 0 atom stereocenters. The predicted octanol–water partition coefficient (Wildman–Crippen LogP) is 0.190. The monoisotopic (exact) mass is 250 g/mol. The van der Waals surface area contributed by atoms with E-state index in [-0.39, 0.29) is 6.61 Å². The molecule has 98 valence electrons. The van der Waals surface area contributed by atoms with Crippen molar-refractivity contribution in [1.82, 2.24) is 10.6 Å². The first kappa shape index (κ1) is 14.2. The SMILES string of the molecule is CC(C)(CO)NC(=O)C(=O)NCc1ccccc1. The largest absolute Gasteiger partial charge is 0.394 e. The molecule has 5 nitrogen and oxygen atoms in total. The predicted molar refractivity (Wildman–Crippen MR) is 67.6 cm³/mol. The van der Waals surface area contributed by atoms with Gasteiger partial charge in [0.15, 0.2) is 0 Å². The molecule has 3 N–H and O–H groups in total. The fourth-order valence-electron chi connectivity index (χ4n) is 1.26. The average molecular weight is 250 g/mol. The van der Waals surface area contributed by atoms with E-state index < -0.39 is 17.4 Å². The van der Waals surface area contributed by atoms with E-state index in [0.717, 1.165) is 5.56 Å². The van der Waals surface area contributed by atoms with E-state index in [1.165, 1.54) is 0 Å². The van der Waals surface area contributed by atoms with Gasteiger partial charge < -0.3 is 15.7 Å². The number of aliphatic hydroxyl groups is 1. The molecule has 0 saturated carbocycles. The van der Waals surface area contributed by atoms with Gasteiger partial charge in [-0.25, -0.2) is 0 Å². The summed E-state index contributed by atoms with van der Waals surface area (Å²) in [6.45, 7) is 3.34. The maximum atomic E-state index is 11.5. The summed E-state index contributed by atoms with van der Waals surface area (Å²) in [5, 5.41) is 13.9. The number of hydrogen-bond acceptors (Lipinski definition) is 3. The average Bonchev–Trinajstić information content (AvgIpc) is 2.36. The molecule has 0 aromatic heterocycles. The molecule has 0 radical (unpaired) electrons. The molecular formula is C13H18N2O3. The third-order valence-electron chi connectivity index (χ3n) is 2.35. The normalized spacial score (nSPS) is 10.8. The second-order valence-corrected chi connectivity index (χ2v) is 4.66. The molecule has 5 heteroatoms. The summed E-state index contributed by atoms with van der Waals surface area (Å²) in [6, 6.07) is 9.31. The van der Waals surface area contributed by atoms with Crippen LogP contribution in [0.3, 0.4) is 0 Å². The third kappa shape index (κ3) is 4.55. The molecular weight excluding hydrogens is 232 g/mol. The number of nitrogens with one attached hydrogen (secondary N) is 2. The number of carbonyl (C=O) groups is 2. The highest BCUT2D eigenvalue weighted by Gasteiger charge is 2.23. The van der Waals surface area contributed by atoms with Crippen molar-refractivity contribution in [3.05, 3.63) is 35.9 Å². The molecule has 0 spiro atoms. The topological polar surface area (TPSA) is 78.4 Å². The number of hydrogen-bond donors (Lipinski definition) is 3. The van der Waals surface area contributed by atoms with Crippen LogP contribution in [-0.4, -0.2) is 29.1 Å². The lowest BCUT2D eigenvalue weighted by atomic mass is 10.1. The van der Waals surface area contributed by atoms with Gasteiger partial charge in [0.25, 0.3) is 0 Å². The Balaban J connectivity index is 2.44. The van der Waals surface area contributed by atoms with Crippen molar-refractivity contribution >= 4 is 11.8 Å². The van der Waals surface area contributed by atoms with Gasteiger partial charge in [-0.2, -0.15) is 0 Å². The number of amides is 2. The standard InChI is InChI=1S/C13H18N2O3/c1-13(2,9-16)15-12(18)11(17)14-8-10-6-4-3-5-7-10/h3-7,16H,8-9H2,1-2H3,(H,14,17)(H,15,18). The lowest BCUT2D eigenvalue weighted by Gasteiger charge is -2.22. The Morgan fingerprint density at radius 2 is 1.78 bits per heavy atom. The van der Waals surface area contributed by atoms with E-state index in [2.05, 4.69) is 10.6 Å². The van der Waals surface area contributed by atoms with Gasteiger partial charge in [0.05, 0.1) is 12.1 Å². The summed E-state index contributed by atoms with van der Waals surface area (Å²) in [6.07, 6.45) is 0. The minimum Gasteiger partial charge on any atom is -0.394 e. The van der Waals surface area contributed by atoms with Crippen LogP contribution >= 0.6 is 0 Å². The van der Waals surface area contributed by atoms with Crippen LogP contribution in [-0.2, 0) is 16.1 Å². The fraction of sp³-hybridized carbons (Fsp3) is 0.385. The van der Waals surface area contributed by atoms with Crippen LogP contribution < -0.4 is 10.6 Å². The quantitative estimate of drug-likeness (QED) is 0.667. The fourth-order valence-corrected chi connectivity index (χ4v) is 1.26. The smallest absolute Gasteiger partial charge is 0.309 e. The molecule has 0 aliphatic rings. The summed E-state index contributed by atoms with van der Waals surface area (Å²) in [4.78, 5) is 23.0. The highest BCUT2D eigenvalue weighted by atomic mass is 16.3. The van der Waals surface area contributed by atoms with Gasteiger partial charge in [-0.05, 0) is 19.4 Å². The number of aliphatic hydroxyl groups excluding tert-OH is 1. The zero-order valence-corrected chi connectivity index (χ0v) is 10.6. The van der Waals surface area contributed by atoms with Crippen molar-refractivity contribution in [2.24, 2.45) is 0 Å². The highest BCUT2D eigenvalue weighted by Crippen LogP contribution is 2.00. The van der Waals surface area contributed by atoms with Crippen molar-refractivity contribution < 1.29 is 14.7 Å². The molecule has 1 aromatic carbocycles. The van der Waals surface area contributed by atoms with E-state index >= 15 is 0 Å². The highest BCUT2D eigenvalue weighted by molar-refractivity contribution is 6.35. The minimum absolute atomic E-state index is 0.231. The van der Waals surface area contributed by atoms with Gasteiger partial charge in [-0.3, -0.25) is 9.59 Å². The Morgan fingerprint density at radius 1 is 1.17 bits per heavy atom. The first-order valence-electron chi connectivity index (χ1n) is 5.70. The van der Waals surface area contributed by atoms with Gasteiger partial charge in [0.2, 0.25) is 0 Å². The maximum absolute atomic E-state index is 11.5. The molecule has 0 bridgehead atoms. The van der Waals surface area contributed by atoms with Crippen LogP contribution in [0.15, 0.2) is 30.3 Å². The van der Waals surface area contributed by atoms with E-state index in [4.69, 9.17) is 5.11 Å². The van der Waals surface area contributed by atoms with Crippen LogP contribution in [0.5, 0.6) is 0 Å². The van der Waals surface area contributed by atoms with Gasteiger partial charge >= 0.3 is 11.8 Å². The Bertz CT molecular complexity index is 416.